The highest BCUT2D eigenvalue weighted by Crippen LogP contribution is 2.51. The first-order valence-corrected chi connectivity index (χ1v) is 11.4. The summed E-state index contributed by atoms with van der Waals surface area (Å²) in [5.41, 5.74) is 10.7. The molecule has 1 aliphatic heterocycles. The molecule has 3 N–H and O–H groups in total. The number of aliphatic hydroxyl groups excluding tert-OH is 1. The second kappa shape index (κ2) is 8.82. The summed E-state index contributed by atoms with van der Waals surface area (Å²) in [6, 6.07) is 10.1. The summed E-state index contributed by atoms with van der Waals surface area (Å²) in [7, 11) is 0. The minimum atomic E-state index is -0.586. The number of anilines is 1. The van der Waals surface area contributed by atoms with Gasteiger partial charge in [0.1, 0.15) is 5.69 Å². The van der Waals surface area contributed by atoms with Crippen molar-refractivity contribution in [3.8, 4) is 0 Å². The standard InChI is InChI=1S/C25H25ClFN5O/c26-23-21(27)16(7-10-29-23)5-6-18-14-30-24(20(15-33)31-18)32-11-8-25(9-12-32)13-17-3-1-2-4-19(17)22(25)28/h1-7,10,14,22,33H,8-9,11-13,15,28H2/t22-/m1/s1. The molecule has 2 aliphatic rings. The monoisotopic (exact) mass is 465 g/mol. The first-order chi connectivity index (χ1) is 16.0. The molecule has 5 rings (SSSR count). The van der Waals surface area contributed by atoms with Crippen LogP contribution in [0.25, 0.3) is 12.2 Å². The molecule has 8 heteroatoms. The van der Waals surface area contributed by atoms with Crippen LogP contribution in [-0.4, -0.2) is 33.1 Å². The lowest BCUT2D eigenvalue weighted by Crippen LogP contribution is -2.45. The molecular weight excluding hydrogens is 441 g/mol. The molecule has 170 valence electrons. The molecule has 1 spiro atoms. The molecule has 1 aliphatic carbocycles. The number of piperidine rings is 1. The SMILES string of the molecule is N[C@@H]1c2ccccc2CC12CCN(c1ncc(C=Cc3ccnc(Cl)c3F)nc1CO)CC2. The van der Waals surface area contributed by atoms with E-state index in [1.54, 1.807) is 18.3 Å². The average Bonchev–Trinajstić information content (AvgIpc) is 3.11. The Balaban J connectivity index is 1.32. The summed E-state index contributed by atoms with van der Waals surface area (Å²) in [6.45, 7) is 1.38. The zero-order chi connectivity index (χ0) is 23.0. The van der Waals surface area contributed by atoms with E-state index in [0.29, 0.717) is 22.8 Å². The topological polar surface area (TPSA) is 88.2 Å². The van der Waals surface area contributed by atoms with Gasteiger partial charge in [-0.1, -0.05) is 35.9 Å². The molecule has 1 aromatic carbocycles. The Morgan fingerprint density at radius 1 is 1.18 bits per heavy atom. The van der Waals surface area contributed by atoms with Crippen LogP contribution in [0.4, 0.5) is 10.2 Å². The number of nitrogens with zero attached hydrogens (tertiary/aromatic N) is 4. The normalized spacial score (nSPS) is 19.4. The van der Waals surface area contributed by atoms with Gasteiger partial charge in [0.2, 0.25) is 0 Å². The van der Waals surface area contributed by atoms with Crippen LogP contribution in [0.2, 0.25) is 5.15 Å². The number of hydrogen-bond acceptors (Lipinski definition) is 6. The van der Waals surface area contributed by atoms with Crippen molar-refractivity contribution in [1.29, 1.82) is 0 Å². The molecule has 3 heterocycles. The van der Waals surface area contributed by atoms with Gasteiger partial charge in [-0.15, -0.1) is 0 Å². The van der Waals surface area contributed by atoms with E-state index in [9.17, 15) is 9.50 Å². The predicted molar refractivity (Wildman–Crippen MR) is 127 cm³/mol. The van der Waals surface area contributed by atoms with Crippen LogP contribution in [0.15, 0.2) is 42.7 Å². The second-order valence-corrected chi connectivity index (χ2v) is 9.12. The van der Waals surface area contributed by atoms with Crippen LogP contribution in [0.5, 0.6) is 0 Å². The van der Waals surface area contributed by atoms with Crippen LogP contribution in [0, 0.1) is 11.2 Å². The van der Waals surface area contributed by atoms with Gasteiger partial charge in [0.25, 0.3) is 0 Å². The summed E-state index contributed by atoms with van der Waals surface area (Å²) in [5, 5.41) is 9.77. The quantitative estimate of drug-likeness (QED) is 0.562. The van der Waals surface area contributed by atoms with E-state index in [4.69, 9.17) is 17.3 Å². The Morgan fingerprint density at radius 2 is 1.97 bits per heavy atom. The highest BCUT2D eigenvalue weighted by Gasteiger charge is 2.46. The minimum absolute atomic E-state index is 0.0499. The molecule has 0 saturated carbocycles. The van der Waals surface area contributed by atoms with Gasteiger partial charge in [-0.05, 0) is 54.0 Å². The van der Waals surface area contributed by atoms with Gasteiger partial charge in [0.05, 0.1) is 18.5 Å². The number of benzene rings is 1. The van der Waals surface area contributed by atoms with Crippen molar-refractivity contribution in [2.45, 2.75) is 31.9 Å². The lowest BCUT2D eigenvalue weighted by molar-refractivity contribution is 0.186. The van der Waals surface area contributed by atoms with Crippen LogP contribution in [0.3, 0.4) is 0 Å². The molecule has 1 fully saturated rings. The van der Waals surface area contributed by atoms with Crippen molar-refractivity contribution >= 4 is 29.6 Å². The Morgan fingerprint density at radius 3 is 2.73 bits per heavy atom. The van der Waals surface area contributed by atoms with Crippen molar-refractivity contribution in [3.05, 3.63) is 81.8 Å². The maximum atomic E-state index is 14.1. The molecule has 0 amide bonds. The molecule has 0 bridgehead atoms. The molecule has 2 aromatic heterocycles. The van der Waals surface area contributed by atoms with E-state index < -0.39 is 5.82 Å². The number of pyridine rings is 1. The smallest absolute Gasteiger partial charge is 0.167 e. The summed E-state index contributed by atoms with van der Waals surface area (Å²) in [4.78, 5) is 15.0. The van der Waals surface area contributed by atoms with E-state index in [1.165, 1.54) is 23.4 Å². The zero-order valence-electron chi connectivity index (χ0n) is 18.1. The number of rotatable bonds is 4. The average molecular weight is 466 g/mol. The van der Waals surface area contributed by atoms with Crippen molar-refractivity contribution < 1.29 is 9.50 Å². The van der Waals surface area contributed by atoms with Gasteiger partial charge in [-0.2, -0.15) is 0 Å². The van der Waals surface area contributed by atoms with Gasteiger partial charge in [-0.3, -0.25) is 0 Å². The van der Waals surface area contributed by atoms with Gasteiger partial charge in [-0.25, -0.2) is 19.3 Å². The summed E-state index contributed by atoms with van der Waals surface area (Å²) in [5.74, 6) is 0.101. The number of halogens is 2. The van der Waals surface area contributed by atoms with Crippen LogP contribution in [0.1, 0.15) is 47.0 Å². The first kappa shape index (κ1) is 21.9. The molecule has 1 saturated heterocycles. The number of nitrogens with two attached hydrogens (primary N) is 1. The van der Waals surface area contributed by atoms with E-state index in [0.717, 1.165) is 32.4 Å². The Bertz CT molecular complexity index is 1210. The van der Waals surface area contributed by atoms with Crippen LogP contribution in [-0.2, 0) is 13.0 Å². The lowest BCUT2D eigenvalue weighted by Gasteiger charge is -2.42. The summed E-state index contributed by atoms with van der Waals surface area (Å²) in [6.07, 6.45) is 9.21. The lowest BCUT2D eigenvalue weighted by atomic mass is 9.73. The molecule has 0 unspecified atom stereocenters. The Kier molecular flexibility index (Phi) is 5.86. The fourth-order valence-corrected chi connectivity index (χ4v) is 5.26. The Labute approximate surface area is 197 Å². The molecule has 1 atom stereocenters. The molecule has 33 heavy (non-hydrogen) atoms. The molecule has 3 aromatic rings. The molecular formula is C25H25ClFN5O. The highest BCUT2D eigenvalue weighted by atomic mass is 35.5. The predicted octanol–water partition coefficient (Wildman–Crippen LogP) is 4.17. The van der Waals surface area contributed by atoms with Gasteiger partial charge < -0.3 is 15.7 Å². The van der Waals surface area contributed by atoms with Gasteiger partial charge >= 0.3 is 0 Å². The zero-order valence-corrected chi connectivity index (χ0v) is 18.8. The largest absolute Gasteiger partial charge is 0.390 e. The number of aliphatic hydroxyl groups is 1. The first-order valence-electron chi connectivity index (χ1n) is 11.0. The van der Waals surface area contributed by atoms with Crippen LogP contribution < -0.4 is 10.6 Å². The molecule has 6 nitrogen and oxygen atoms in total. The van der Waals surface area contributed by atoms with E-state index in [2.05, 4.69) is 44.1 Å². The Hall–Kier alpha value is -2.87. The van der Waals surface area contributed by atoms with Gasteiger partial charge in [0, 0.05) is 30.9 Å². The summed E-state index contributed by atoms with van der Waals surface area (Å²) < 4.78 is 14.1. The molecule has 0 radical (unpaired) electrons. The highest BCUT2D eigenvalue weighted by molar-refractivity contribution is 6.29. The van der Waals surface area contributed by atoms with Crippen molar-refractivity contribution in [3.63, 3.8) is 0 Å². The van der Waals surface area contributed by atoms with Crippen molar-refractivity contribution in [2.24, 2.45) is 11.1 Å². The maximum absolute atomic E-state index is 14.1. The second-order valence-electron chi connectivity index (χ2n) is 8.76. The third kappa shape index (κ3) is 4.01. The van der Waals surface area contributed by atoms with Crippen LogP contribution >= 0.6 is 11.6 Å². The fourth-order valence-electron chi connectivity index (χ4n) is 5.09. The third-order valence-corrected chi connectivity index (χ3v) is 7.22. The van der Waals surface area contributed by atoms with E-state index in [-0.39, 0.29) is 23.2 Å². The number of aromatic nitrogens is 3. The third-order valence-electron chi connectivity index (χ3n) is 6.95. The van der Waals surface area contributed by atoms with Crippen molar-refractivity contribution in [2.75, 3.05) is 18.0 Å². The fraction of sp³-hybridized carbons (Fsp3) is 0.320. The van der Waals surface area contributed by atoms with E-state index in [1.807, 2.05) is 0 Å². The van der Waals surface area contributed by atoms with Crippen molar-refractivity contribution in [1.82, 2.24) is 15.0 Å². The maximum Gasteiger partial charge on any atom is 0.167 e. The minimum Gasteiger partial charge on any atom is -0.390 e. The number of fused-ring (bicyclic) bond motifs is 1. The number of hydrogen-bond donors (Lipinski definition) is 2. The summed E-state index contributed by atoms with van der Waals surface area (Å²) >= 11 is 5.74. The van der Waals surface area contributed by atoms with E-state index >= 15 is 0 Å². The van der Waals surface area contributed by atoms with Gasteiger partial charge in [0.15, 0.2) is 16.8 Å².